The fourth-order valence-electron chi connectivity index (χ4n) is 1.46. The van der Waals surface area contributed by atoms with Gasteiger partial charge in [0.25, 0.3) is 5.91 Å². The van der Waals surface area contributed by atoms with Crippen LogP contribution in [0.3, 0.4) is 0 Å². The summed E-state index contributed by atoms with van der Waals surface area (Å²) < 4.78 is 6.10. The van der Waals surface area contributed by atoms with Crippen LogP contribution in [0.25, 0.3) is 0 Å². The van der Waals surface area contributed by atoms with Crippen molar-refractivity contribution in [2.24, 2.45) is 0 Å². The second-order valence-electron chi connectivity index (χ2n) is 3.91. The normalized spacial score (nSPS) is 10.2. The van der Waals surface area contributed by atoms with Crippen molar-refractivity contribution in [1.82, 2.24) is 0 Å². The van der Waals surface area contributed by atoms with Crippen molar-refractivity contribution < 1.29 is 9.53 Å². The second-order valence-corrected chi connectivity index (χ2v) is 5.64. The third-order valence-electron chi connectivity index (χ3n) is 2.39. The van der Waals surface area contributed by atoms with E-state index in [9.17, 15) is 4.79 Å². The smallest absolute Gasteiger partial charge is 0.262 e. The Morgan fingerprint density at radius 1 is 1.10 bits per heavy atom. The van der Waals surface area contributed by atoms with Gasteiger partial charge >= 0.3 is 0 Å². The fourth-order valence-corrected chi connectivity index (χ4v) is 2.10. The minimum Gasteiger partial charge on any atom is -0.484 e. The molecule has 2 aromatic carbocycles. The lowest BCUT2D eigenvalue weighted by atomic mass is 10.3. The van der Waals surface area contributed by atoms with Crippen molar-refractivity contribution in [2.75, 3.05) is 11.9 Å². The molecule has 0 radical (unpaired) electrons. The lowest BCUT2D eigenvalue weighted by Crippen LogP contribution is -2.20. The summed E-state index contributed by atoms with van der Waals surface area (Å²) in [7, 11) is 0. The maximum Gasteiger partial charge on any atom is 0.262 e. The summed E-state index contributed by atoms with van der Waals surface area (Å²) in [5.74, 6) is 0.303. The van der Waals surface area contributed by atoms with Crippen LogP contribution < -0.4 is 10.1 Å². The quantitative estimate of drug-likeness (QED) is 0.836. The first kappa shape index (κ1) is 15.2. The summed E-state index contributed by atoms with van der Waals surface area (Å²) in [6.07, 6.45) is 0. The molecule has 0 aliphatic rings. The Morgan fingerprint density at radius 3 is 2.45 bits per heavy atom. The molecule has 0 aliphatic carbocycles. The van der Waals surface area contributed by atoms with Gasteiger partial charge in [0, 0.05) is 14.5 Å². The predicted octanol–water partition coefficient (Wildman–Crippen LogP) is 4.77. The molecule has 2 rings (SSSR count). The molecule has 20 heavy (non-hydrogen) atoms. The molecule has 0 aromatic heterocycles. The molecule has 0 saturated carbocycles. The summed E-state index contributed by atoms with van der Waals surface area (Å²) in [5, 5.41) is 3.87. The molecule has 3 nitrogen and oxygen atoms in total. The third-order valence-corrected chi connectivity index (χ3v) is 3.56. The number of ether oxygens (including phenoxy) is 1. The van der Waals surface area contributed by atoms with E-state index in [1.807, 2.05) is 0 Å². The number of benzene rings is 2. The minimum absolute atomic E-state index is 0.0966. The highest BCUT2D eigenvalue weighted by Crippen LogP contribution is 2.25. The molecule has 0 unspecified atom stereocenters. The van der Waals surface area contributed by atoms with Gasteiger partial charge in [-0.25, -0.2) is 0 Å². The molecule has 1 N–H and O–H groups in total. The monoisotopic (exact) mass is 373 g/mol. The van der Waals surface area contributed by atoms with E-state index >= 15 is 0 Å². The van der Waals surface area contributed by atoms with Crippen LogP contribution in [0.15, 0.2) is 46.9 Å². The summed E-state index contributed by atoms with van der Waals surface area (Å²) in [4.78, 5) is 11.8. The molecule has 2 aromatic rings. The second kappa shape index (κ2) is 6.97. The number of amides is 1. The number of nitrogens with one attached hydrogen (secondary N) is 1. The molecule has 0 aliphatic heterocycles. The Morgan fingerprint density at radius 2 is 1.75 bits per heavy atom. The Labute approximate surface area is 135 Å². The summed E-state index contributed by atoms with van der Waals surface area (Å²) in [6, 6.07) is 11.9. The topological polar surface area (TPSA) is 38.3 Å². The Balaban J connectivity index is 1.92. The number of hydrogen-bond donors (Lipinski definition) is 1. The standard InChI is InChI=1S/C14H10BrCl2NO2/c15-12-6-3-10(17)7-13(12)18-14(19)8-20-11-4-1-9(16)2-5-11/h1-7H,8H2,(H,18,19). The zero-order valence-corrected chi connectivity index (χ0v) is 13.3. The maximum atomic E-state index is 11.8. The number of carbonyl (C=O) groups excluding carboxylic acids is 1. The van der Waals surface area contributed by atoms with Gasteiger partial charge in [-0.1, -0.05) is 23.2 Å². The van der Waals surface area contributed by atoms with Crippen molar-refractivity contribution in [3.05, 3.63) is 57.0 Å². The first-order chi connectivity index (χ1) is 9.54. The van der Waals surface area contributed by atoms with E-state index in [1.54, 1.807) is 42.5 Å². The van der Waals surface area contributed by atoms with E-state index in [0.29, 0.717) is 21.5 Å². The van der Waals surface area contributed by atoms with E-state index in [4.69, 9.17) is 27.9 Å². The zero-order valence-electron chi connectivity index (χ0n) is 10.2. The van der Waals surface area contributed by atoms with Gasteiger partial charge in [-0.3, -0.25) is 4.79 Å². The molecule has 0 atom stereocenters. The Bertz CT molecular complexity index is 617. The molecular formula is C14H10BrCl2NO2. The lowest BCUT2D eigenvalue weighted by Gasteiger charge is -2.09. The van der Waals surface area contributed by atoms with Crippen LogP contribution in [0, 0.1) is 0 Å². The molecular weight excluding hydrogens is 365 g/mol. The van der Waals surface area contributed by atoms with Crippen molar-refractivity contribution in [3.8, 4) is 5.75 Å². The van der Waals surface area contributed by atoms with Crippen molar-refractivity contribution in [1.29, 1.82) is 0 Å². The SMILES string of the molecule is O=C(COc1ccc(Cl)cc1)Nc1cc(Cl)ccc1Br. The Kier molecular flexibility index (Phi) is 5.29. The number of carbonyl (C=O) groups is 1. The maximum absolute atomic E-state index is 11.8. The molecule has 6 heteroatoms. The van der Waals surface area contributed by atoms with Crippen LogP contribution in [0.5, 0.6) is 5.75 Å². The summed E-state index contributed by atoms with van der Waals surface area (Å²) >= 11 is 15.0. The van der Waals surface area contributed by atoms with Gasteiger partial charge in [0.2, 0.25) is 0 Å². The van der Waals surface area contributed by atoms with Crippen molar-refractivity contribution >= 4 is 50.7 Å². The summed E-state index contributed by atoms with van der Waals surface area (Å²) in [6.45, 7) is -0.0966. The highest BCUT2D eigenvalue weighted by Gasteiger charge is 2.07. The molecule has 0 saturated heterocycles. The van der Waals surface area contributed by atoms with E-state index in [2.05, 4.69) is 21.2 Å². The van der Waals surface area contributed by atoms with Crippen LogP contribution in [0.2, 0.25) is 10.0 Å². The van der Waals surface area contributed by atoms with Crippen LogP contribution in [-0.4, -0.2) is 12.5 Å². The minimum atomic E-state index is -0.275. The van der Waals surface area contributed by atoms with Crippen LogP contribution in [-0.2, 0) is 4.79 Å². The number of hydrogen-bond acceptors (Lipinski definition) is 2. The molecule has 0 fully saturated rings. The van der Waals surface area contributed by atoms with Gasteiger partial charge < -0.3 is 10.1 Å². The van der Waals surface area contributed by atoms with Crippen molar-refractivity contribution in [2.45, 2.75) is 0 Å². The van der Waals surface area contributed by atoms with Crippen molar-refractivity contribution in [3.63, 3.8) is 0 Å². The highest BCUT2D eigenvalue weighted by molar-refractivity contribution is 9.10. The average molecular weight is 375 g/mol. The van der Waals surface area contributed by atoms with Gasteiger partial charge in [0.15, 0.2) is 6.61 Å². The fraction of sp³-hybridized carbons (Fsp3) is 0.0714. The van der Waals surface area contributed by atoms with E-state index in [-0.39, 0.29) is 12.5 Å². The first-order valence-corrected chi connectivity index (χ1v) is 7.23. The molecule has 1 amide bonds. The molecule has 0 heterocycles. The zero-order chi connectivity index (χ0) is 14.5. The van der Waals surface area contributed by atoms with Crippen LogP contribution >= 0.6 is 39.1 Å². The average Bonchev–Trinajstić information content (AvgIpc) is 2.42. The van der Waals surface area contributed by atoms with E-state index < -0.39 is 0 Å². The third kappa shape index (κ3) is 4.40. The van der Waals surface area contributed by atoms with Crippen LogP contribution in [0.1, 0.15) is 0 Å². The lowest BCUT2D eigenvalue weighted by molar-refractivity contribution is -0.118. The van der Waals surface area contributed by atoms with E-state index in [1.165, 1.54) is 0 Å². The van der Waals surface area contributed by atoms with Gasteiger partial charge in [0.05, 0.1) is 5.69 Å². The number of anilines is 1. The summed E-state index contributed by atoms with van der Waals surface area (Å²) in [5.41, 5.74) is 0.599. The molecule has 104 valence electrons. The van der Waals surface area contributed by atoms with Gasteiger partial charge in [-0.15, -0.1) is 0 Å². The van der Waals surface area contributed by atoms with Crippen LogP contribution in [0.4, 0.5) is 5.69 Å². The molecule has 0 bridgehead atoms. The Hall–Kier alpha value is -1.23. The van der Waals surface area contributed by atoms with Gasteiger partial charge in [-0.05, 0) is 58.4 Å². The molecule has 0 spiro atoms. The largest absolute Gasteiger partial charge is 0.484 e. The van der Waals surface area contributed by atoms with Gasteiger partial charge in [0.1, 0.15) is 5.75 Å². The highest BCUT2D eigenvalue weighted by atomic mass is 79.9. The van der Waals surface area contributed by atoms with Gasteiger partial charge in [-0.2, -0.15) is 0 Å². The number of halogens is 3. The number of rotatable bonds is 4. The predicted molar refractivity (Wildman–Crippen MR) is 84.7 cm³/mol. The first-order valence-electron chi connectivity index (χ1n) is 5.68. The van der Waals surface area contributed by atoms with E-state index in [0.717, 1.165) is 4.47 Å².